The average molecular weight is 441 g/mol. The zero-order chi connectivity index (χ0) is 21.4. The van der Waals surface area contributed by atoms with Gasteiger partial charge in [0.2, 0.25) is 11.0 Å². The number of nitrogens with zero attached hydrogens (tertiary/aromatic N) is 3. The first-order valence-corrected chi connectivity index (χ1v) is 10.6. The molecule has 0 aliphatic carbocycles. The van der Waals surface area contributed by atoms with Crippen molar-refractivity contribution in [2.45, 2.75) is 27.2 Å². The standard InChI is InChI=1S/C22H21ClN4O2S/c1-12-5-7-16(23)21-20(12)25-22(30-21)27-18(10-14(3)26-27)24-19(28)11-15-6-8-17(29-4)13(2)9-15/h5-10H,11H2,1-4H3,(H,24,28). The van der Waals surface area contributed by atoms with Crippen LogP contribution >= 0.6 is 22.9 Å². The van der Waals surface area contributed by atoms with Gasteiger partial charge in [0.05, 0.1) is 34.5 Å². The Hall–Kier alpha value is -2.90. The monoisotopic (exact) mass is 440 g/mol. The van der Waals surface area contributed by atoms with Crippen molar-refractivity contribution in [2.24, 2.45) is 0 Å². The van der Waals surface area contributed by atoms with Gasteiger partial charge >= 0.3 is 0 Å². The number of hydrogen-bond donors (Lipinski definition) is 1. The lowest BCUT2D eigenvalue weighted by Gasteiger charge is -2.09. The first kappa shape index (κ1) is 20.4. The minimum atomic E-state index is -0.129. The highest BCUT2D eigenvalue weighted by molar-refractivity contribution is 7.21. The number of ether oxygens (including phenoxy) is 1. The number of anilines is 1. The molecule has 154 valence electrons. The normalized spacial score (nSPS) is 11.1. The number of aromatic nitrogens is 3. The SMILES string of the molecule is COc1ccc(CC(=O)Nc2cc(C)nn2-c2nc3c(C)ccc(Cl)c3s2)cc1C. The fraction of sp³-hybridized carbons (Fsp3) is 0.227. The highest BCUT2D eigenvalue weighted by Crippen LogP contribution is 2.34. The molecule has 4 aromatic rings. The molecule has 1 amide bonds. The Labute approximate surface area is 183 Å². The molecule has 0 saturated carbocycles. The van der Waals surface area contributed by atoms with E-state index in [9.17, 15) is 4.79 Å². The summed E-state index contributed by atoms with van der Waals surface area (Å²) in [6.45, 7) is 5.83. The van der Waals surface area contributed by atoms with Crippen molar-refractivity contribution >= 4 is 44.9 Å². The summed E-state index contributed by atoms with van der Waals surface area (Å²) in [5.74, 6) is 1.25. The van der Waals surface area contributed by atoms with Crippen LogP contribution in [0.15, 0.2) is 36.4 Å². The Morgan fingerprint density at radius 3 is 2.67 bits per heavy atom. The van der Waals surface area contributed by atoms with Gasteiger partial charge in [-0.2, -0.15) is 9.78 Å². The third kappa shape index (κ3) is 3.91. The number of hydrogen-bond acceptors (Lipinski definition) is 5. The van der Waals surface area contributed by atoms with Crippen LogP contribution in [0, 0.1) is 20.8 Å². The molecule has 0 aliphatic heterocycles. The fourth-order valence-electron chi connectivity index (χ4n) is 3.34. The molecule has 2 aromatic heterocycles. The van der Waals surface area contributed by atoms with Gasteiger partial charge in [-0.25, -0.2) is 4.98 Å². The van der Waals surface area contributed by atoms with E-state index >= 15 is 0 Å². The van der Waals surface area contributed by atoms with Crippen LogP contribution in [-0.4, -0.2) is 27.8 Å². The third-order valence-electron chi connectivity index (χ3n) is 4.79. The van der Waals surface area contributed by atoms with Gasteiger partial charge in [0, 0.05) is 6.07 Å². The molecule has 0 spiro atoms. The molecule has 0 radical (unpaired) electrons. The Bertz CT molecular complexity index is 1220. The topological polar surface area (TPSA) is 69.0 Å². The van der Waals surface area contributed by atoms with E-state index in [1.165, 1.54) is 11.3 Å². The quantitative estimate of drug-likeness (QED) is 0.460. The Kier molecular flexibility index (Phi) is 5.49. The molecule has 2 heterocycles. The van der Waals surface area contributed by atoms with Crippen LogP contribution < -0.4 is 10.1 Å². The van der Waals surface area contributed by atoms with Gasteiger partial charge in [0.25, 0.3) is 0 Å². The number of amides is 1. The molecule has 4 rings (SSSR count). The summed E-state index contributed by atoms with van der Waals surface area (Å²) in [6, 6.07) is 11.4. The molecule has 0 fully saturated rings. The number of thiazole rings is 1. The van der Waals surface area contributed by atoms with Gasteiger partial charge in [-0.1, -0.05) is 41.1 Å². The van der Waals surface area contributed by atoms with Crippen LogP contribution in [0.2, 0.25) is 5.02 Å². The number of rotatable bonds is 5. The molecule has 6 nitrogen and oxygen atoms in total. The lowest BCUT2D eigenvalue weighted by atomic mass is 10.1. The van der Waals surface area contributed by atoms with Crippen molar-refractivity contribution in [1.29, 1.82) is 0 Å². The predicted molar refractivity (Wildman–Crippen MR) is 121 cm³/mol. The number of carbonyl (C=O) groups is 1. The smallest absolute Gasteiger partial charge is 0.229 e. The second-order valence-corrected chi connectivity index (χ2v) is 8.53. The highest BCUT2D eigenvalue weighted by atomic mass is 35.5. The molecule has 1 N–H and O–H groups in total. The summed E-state index contributed by atoms with van der Waals surface area (Å²) in [6.07, 6.45) is 0.250. The van der Waals surface area contributed by atoms with Crippen LogP contribution in [-0.2, 0) is 11.2 Å². The van der Waals surface area contributed by atoms with Crippen molar-refractivity contribution in [1.82, 2.24) is 14.8 Å². The second-order valence-electron chi connectivity index (χ2n) is 7.15. The van der Waals surface area contributed by atoms with E-state index in [1.54, 1.807) is 11.8 Å². The predicted octanol–water partition coefficient (Wildman–Crippen LogP) is 5.25. The highest BCUT2D eigenvalue weighted by Gasteiger charge is 2.17. The maximum Gasteiger partial charge on any atom is 0.229 e. The van der Waals surface area contributed by atoms with Gasteiger partial charge in [0.1, 0.15) is 11.6 Å². The molecular formula is C22H21ClN4O2S. The molecule has 0 unspecified atom stereocenters. The Morgan fingerprint density at radius 2 is 1.97 bits per heavy atom. The number of nitrogens with one attached hydrogen (secondary N) is 1. The average Bonchev–Trinajstić information content (AvgIpc) is 3.29. The molecule has 30 heavy (non-hydrogen) atoms. The van der Waals surface area contributed by atoms with Crippen molar-refractivity contribution < 1.29 is 9.53 Å². The summed E-state index contributed by atoms with van der Waals surface area (Å²) < 4.78 is 7.85. The number of halogens is 1. The Morgan fingerprint density at radius 1 is 1.17 bits per heavy atom. The zero-order valence-electron chi connectivity index (χ0n) is 17.1. The zero-order valence-corrected chi connectivity index (χ0v) is 18.7. The van der Waals surface area contributed by atoms with Crippen LogP contribution in [0.4, 0.5) is 5.82 Å². The van der Waals surface area contributed by atoms with Gasteiger partial charge < -0.3 is 10.1 Å². The molecule has 2 aromatic carbocycles. The lowest BCUT2D eigenvalue weighted by molar-refractivity contribution is -0.115. The van der Waals surface area contributed by atoms with Crippen molar-refractivity contribution in [3.05, 3.63) is 63.8 Å². The number of benzene rings is 2. The molecule has 0 saturated heterocycles. The van der Waals surface area contributed by atoms with Gasteiger partial charge in [0.15, 0.2) is 0 Å². The summed E-state index contributed by atoms with van der Waals surface area (Å²) in [7, 11) is 1.63. The van der Waals surface area contributed by atoms with Crippen LogP contribution in [0.5, 0.6) is 5.75 Å². The van der Waals surface area contributed by atoms with Crippen molar-refractivity contribution in [3.63, 3.8) is 0 Å². The van der Waals surface area contributed by atoms with Crippen LogP contribution in [0.25, 0.3) is 15.3 Å². The molecule has 0 bridgehead atoms. The van der Waals surface area contributed by atoms with Crippen LogP contribution in [0.1, 0.15) is 22.4 Å². The van der Waals surface area contributed by atoms with Gasteiger partial charge in [-0.15, -0.1) is 0 Å². The Balaban J connectivity index is 1.61. The lowest BCUT2D eigenvalue weighted by Crippen LogP contribution is -2.17. The minimum absolute atomic E-state index is 0.129. The maximum absolute atomic E-state index is 12.7. The molecule has 0 atom stereocenters. The van der Waals surface area contributed by atoms with Gasteiger partial charge in [-0.05, 0) is 49.6 Å². The van der Waals surface area contributed by atoms with E-state index in [2.05, 4.69) is 10.4 Å². The fourth-order valence-corrected chi connectivity index (χ4v) is 4.62. The van der Waals surface area contributed by atoms with Crippen molar-refractivity contribution in [2.75, 3.05) is 12.4 Å². The summed E-state index contributed by atoms with van der Waals surface area (Å²) >= 11 is 7.79. The first-order valence-electron chi connectivity index (χ1n) is 9.41. The minimum Gasteiger partial charge on any atom is -0.496 e. The summed E-state index contributed by atoms with van der Waals surface area (Å²) in [5, 5.41) is 8.80. The molecule has 8 heteroatoms. The summed E-state index contributed by atoms with van der Waals surface area (Å²) in [4.78, 5) is 17.4. The second kappa shape index (κ2) is 8.08. The van der Waals surface area contributed by atoms with Gasteiger partial charge in [-0.3, -0.25) is 4.79 Å². The van der Waals surface area contributed by atoms with E-state index in [4.69, 9.17) is 21.3 Å². The third-order valence-corrected chi connectivity index (χ3v) is 6.28. The number of methoxy groups -OCH3 is 1. The molecular weight excluding hydrogens is 420 g/mol. The first-order chi connectivity index (χ1) is 14.4. The largest absolute Gasteiger partial charge is 0.496 e. The summed E-state index contributed by atoms with van der Waals surface area (Å²) in [5.41, 5.74) is 4.58. The maximum atomic E-state index is 12.7. The molecule has 0 aliphatic rings. The van der Waals surface area contributed by atoms with E-state index < -0.39 is 0 Å². The number of fused-ring (bicyclic) bond motifs is 1. The van der Waals surface area contributed by atoms with E-state index in [-0.39, 0.29) is 12.3 Å². The number of aryl methyl sites for hydroxylation is 3. The number of carbonyl (C=O) groups excluding carboxylic acids is 1. The van der Waals surface area contributed by atoms with E-state index in [0.717, 1.165) is 38.4 Å². The van der Waals surface area contributed by atoms with Crippen LogP contribution in [0.3, 0.4) is 0 Å². The van der Waals surface area contributed by atoms with E-state index in [0.29, 0.717) is 16.0 Å². The van der Waals surface area contributed by atoms with Crippen molar-refractivity contribution in [3.8, 4) is 10.9 Å². The van der Waals surface area contributed by atoms with E-state index in [1.807, 2.05) is 57.2 Å².